The average Bonchev–Trinajstić information content (AvgIpc) is 2.67. The first kappa shape index (κ1) is 22.6. The molecular weight excluding hydrogens is 408 g/mol. The summed E-state index contributed by atoms with van der Waals surface area (Å²) >= 11 is 0. The van der Waals surface area contributed by atoms with Crippen LogP contribution >= 0.6 is 0 Å². The lowest BCUT2D eigenvalue weighted by Gasteiger charge is -2.26. The van der Waals surface area contributed by atoms with Gasteiger partial charge in [0.2, 0.25) is 0 Å². The van der Waals surface area contributed by atoms with E-state index >= 15 is 0 Å². The first-order valence-electron chi connectivity index (χ1n) is 10.1. The number of rotatable bonds is 7. The van der Waals surface area contributed by atoms with Crippen molar-refractivity contribution >= 4 is 21.6 Å². The highest BCUT2D eigenvalue weighted by molar-refractivity contribution is 7.92. The van der Waals surface area contributed by atoms with Gasteiger partial charge in [0.15, 0.2) is 0 Å². The first-order chi connectivity index (χ1) is 14.6. The van der Waals surface area contributed by atoms with E-state index < -0.39 is 15.6 Å². The summed E-state index contributed by atoms with van der Waals surface area (Å²) in [6.45, 7) is 7.50. The van der Waals surface area contributed by atoms with E-state index in [4.69, 9.17) is 0 Å². The van der Waals surface area contributed by atoms with Crippen LogP contribution in [0.25, 0.3) is 0 Å². The second kappa shape index (κ2) is 8.94. The highest BCUT2D eigenvalue weighted by Crippen LogP contribution is 2.22. The standard InChI is InChI=1S/C25H28N2O3S/c1-18-9-8-12-22(15-18)27-31(29,30)23-16-21(14-13-19(23)2)24(28)26-25(3,4)17-20-10-6-5-7-11-20/h5-16,27H,17H2,1-4H3,(H,26,28). The van der Waals surface area contributed by atoms with Crippen LogP contribution in [-0.4, -0.2) is 19.9 Å². The molecule has 0 unspecified atom stereocenters. The Bertz CT molecular complexity index is 1190. The van der Waals surface area contributed by atoms with Gasteiger partial charge in [-0.1, -0.05) is 48.5 Å². The number of benzene rings is 3. The van der Waals surface area contributed by atoms with E-state index in [-0.39, 0.29) is 10.8 Å². The third kappa shape index (κ3) is 5.95. The van der Waals surface area contributed by atoms with Gasteiger partial charge in [-0.15, -0.1) is 0 Å². The Balaban J connectivity index is 1.82. The normalized spacial score (nSPS) is 11.7. The zero-order chi connectivity index (χ0) is 22.6. The number of sulfonamides is 1. The molecule has 3 aromatic rings. The molecule has 0 spiro atoms. The SMILES string of the molecule is Cc1cccc(NS(=O)(=O)c2cc(C(=O)NC(C)(C)Cc3ccccc3)ccc2C)c1. The van der Waals surface area contributed by atoms with E-state index in [1.54, 1.807) is 37.3 Å². The molecule has 3 aromatic carbocycles. The molecule has 31 heavy (non-hydrogen) atoms. The van der Waals surface area contributed by atoms with E-state index in [0.29, 0.717) is 23.2 Å². The van der Waals surface area contributed by atoms with Gasteiger partial charge in [0, 0.05) is 16.8 Å². The van der Waals surface area contributed by atoms with Crippen molar-refractivity contribution in [2.24, 2.45) is 0 Å². The van der Waals surface area contributed by atoms with Crippen molar-refractivity contribution in [3.05, 3.63) is 95.1 Å². The first-order valence-corrected chi connectivity index (χ1v) is 11.6. The highest BCUT2D eigenvalue weighted by atomic mass is 32.2. The van der Waals surface area contributed by atoms with E-state index in [1.165, 1.54) is 6.07 Å². The van der Waals surface area contributed by atoms with Gasteiger partial charge < -0.3 is 5.32 Å². The van der Waals surface area contributed by atoms with Crippen molar-refractivity contribution in [2.75, 3.05) is 4.72 Å². The molecule has 0 radical (unpaired) electrons. The molecule has 0 heterocycles. The topological polar surface area (TPSA) is 75.3 Å². The fourth-order valence-electron chi connectivity index (χ4n) is 3.48. The molecule has 6 heteroatoms. The van der Waals surface area contributed by atoms with Gasteiger partial charge in [-0.3, -0.25) is 9.52 Å². The van der Waals surface area contributed by atoms with Crippen LogP contribution in [0, 0.1) is 13.8 Å². The summed E-state index contributed by atoms with van der Waals surface area (Å²) in [5, 5.41) is 3.02. The number of hydrogen-bond donors (Lipinski definition) is 2. The summed E-state index contributed by atoms with van der Waals surface area (Å²) in [5.41, 5.74) is 2.92. The fraction of sp³-hybridized carbons (Fsp3) is 0.240. The largest absolute Gasteiger partial charge is 0.347 e. The summed E-state index contributed by atoms with van der Waals surface area (Å²) in [6, 6.07) is 21.8. The molecule has 0 fully saturated rings. The summed E-state index contributed by atoms with van der Waals surface area (Å²) in [5.74, 6) is -0.312. The van der Waals surface area contributed by atoms with Gasteiger partial charge in [-0.2, -0.15) is 0 Å². The molecular formula is C25H28N2O3S. The minimum absolute atomic E-state index is 0.0857. The number of carbonyl (C=O) groups is 1. The quantitative estimate of drug-likeness (QED) is 0.556. The molecule has 0 saturated heterocycles. The molecule has 3 rings (SSSR count). The maximum atomic E-state index is 13.0. The predicted octanol–water partition coefficient (Wildman–Crippen LogP) is 4.86. The van der Waals surface area contributed by atoms with Crippen LogP contribution < -0.4 is 10.0 Å². The van der Waals surface area contributed by atoms with Crippen molar-refractivity contribution in [3.63, 3.8) is 0 Å². The van der Waals surface area contributed by atoms with Crippen LogP contribution in [0.3, 0.4) is 0 Å². The van der Waals surface area contributed by atoms with Crippen molar-refractivity contribution in [1.29, 1.82) is 0 Å². The van der Waals surface area contributed by atoms with Gasteiger partial charge in [-0.25, -0.2) is 8.42 Å². The second-order valence-electron chi connectivity index (χ2n) is 8.46. The number of anilines is 1. The minimum atomic E-state index is -3.84. The molecule has 162 valence electrons. The Morgan fingerprint density at radius 3 is 2.29 bits per heavy atom. The Labute approximate surface area is 184 Å². The van der Waals surface area contributed by atoms with Gasteiger partial charge in [-0.05, 0) is 75.1 Å². The van der Waals surface area contributed by atoms with Crippen molar-refractivity contribution in [2.45, 2.75) is 44.6 Å². The molecule has 0 saturated carbocycles. The molecule has 1 amide bonds. The number of amides is 1. The van der Waals surface area contributed by atoms with Gasteiger partial charge >= 0.3 is 0 Å². The molecule has 0 atom stereocenters. The molecule has 0 aliphatic heterocycles. The third-order valence-electron chi connectivity index (χ3n) is 4.95. The van der Waals surface area contributed by atoms with E-state index in [9.17, 15) is 13.2 Å². The monoisotopic (exact) mass is 436 g/mol. The minimum Gasteiger partial charge on any atom is -0.347 e. The lowest BCUT2D eigenvalue weighted by atomic mass is 9.94. The highest BCUT2D eigenvalue weighted by Gasteiger charge is 2.24. The maximum absolute atomic E-state index is 13.0. The van der Waals surface area contributed by atoms with Crippen LogP contribution in [-0.2, 0) is 16.4 Å². The summed E-state index contributed by atoms with van der Waals surface area (Å²) < 4.78 is 28.6. The number of hydrogen-bond acceptors (Lipinski definition) is 3. The molecule has 0 aliphatic carbocycles. The lowest BCUT2D eigenvalue weighted by molar-refractivity contribution is 0.0913. The molecule has 2 N–H and O–H groups in total. The second-order valence-corrected chi connectivity index (χ2v) is 10.1. The van der Waals surface area contributed by atoms with Crippen LogP contribution in [0.5, 0.6) is 0 Å². The molecule has 5 nitrogen and oxygen atoms in total. The van der Waals surface area contributed by atoms with E-state index in [0.717, 1.165) is 11.1 Å². The van der Waals surface area contributed by atoms with Crippen molar-refractivity contribution in [1.82, 2.24) is 5.32 Å². The Hall–Kier alpha value is -3.12. The zero-order valence-electron chi connectivity index (χ0n) is 18.3. The van der Waals surface area contributed by atoms with E-state index in [2.05, 4.69) is 10.0 Å². The summed E-state index contributed by atoms with van der Waals surface area (Å²) in [4.78, 5) is 13.0. The smallest absolute Gasteiger partial charge is 0.262 e. The Morgan fingerprint density at radius 1 is 0.903 bits per heavy atom. The van der Waals surface area contributed by atoms with Crippen LogP contribution in [0.1, 0.15) is 40.9 Å². The Kier molecular flexibility index (Phi) is 6.51. The summed E-state index contributed by atoms with van der Waals surface area (Å²) in [7, 11) is -3.84. The Morgan fingerprint density at radius 2 is 1.61 bits per heavy atom. The number of carbonyl (C=O) groups excluding carboxylic acids is 1. The predicted molar refractivity (Wildman–Crippen MR) is 125 cm³/mol. The molecule has 0 aliphatic rings. The van der Waals surface area contributed by atoms with Crippen molar-refractivity contribution in [3.8, 4) is 0 Å². The van der Waals surface area contributed by atoms with Crippen LogP contribution in [0.4, 0.5) is 5.69 Å². The fourth-order valence-corrected chi connectivity index (χ4v) is 4.80. The van der Waals surface area contributed by atoms with Gasteiger partial charge in [0.1, 0.15) is 0 Å². The van der Waals surface area contributed by atoms with Gasteiger partial charge in [0.25, 0.3) is 15.9 Å². The maximum Gasteiger partial charge on any atom is 0.262 e. The van der Waals surface area contributed by atoms with Crippen LogP contribution in [0.2, 0.25) is 0 Å². The van der Waals surface area contributed by atoms with Crippen LogP contribution in [0.15, 0.2) is 77.7 Å². The van der Waals surface area contributed by atoms with E-state index in [1.807, 2.05) is 57.2 Å². The summed E-state index contributed by atoms with van der Waals surface area (Å²) in [6.07, 6.45) is 0.658. The zero-order valence-corrected chi connectivity index (χ0v) is 19.1. The lowest BCUT2D eigenvalue weighted by Crippen LogP contribution is -2.45. The average molecular weight is 437 g/mol. The van der Waals surface area contributed by atoms with Gasteiger partial charge in [0.05, 0.1) is 4.90 Å². The number of nitrogens with one attached hydrogen (secondary N) is 2. The molecule has 0 bridgehead atoms. The molecule has 0 aromatic heterocycles. The van der Waals surface area contributed by atoms with Crippen molar-refractivity contribution < 1.29 is 13.2 Å². The third-order valence-corrected chi connectivity index (χ3v) is 6.47. The number of aryl methyl sites for hydroxylation is 2.